The normalized spacial score (nSPS) is 16.0. The molecule has 1 aromatic carbocycles. The first kappa shape index (κ1) is 8.35. The molecule has 2 nitrogen and oxygen atoms in total. The number of hydrogen-bond acceptors (Lipinski definition) is 2. The van der Waals surface area contributed by atoms with Crippen LogP contribution < -0.4 is 10.2 Å². The van der Waals surface area contributed by atoms with Gasteiger partial charge in [-0.3, -0.25) is 0 Å². The standard InChI is InChI=1S/C10H13FN2/c1-13-6-2-5-12-9-4-3-8(11)7-10(9)13/h3-4,7,12H,2,5-6H2,1H3. The van der Waals surface area contributed by atoms with Gasteiger partial charge in [0.15, 0.2) is 0 Å². The Hall–Kier alpha value is -1.25. The van der Waals surface area contributed by atoms with E-state index in [0.717, 1.165) is 30.9 Å². The van der Waals surface area contributed by atoms with Gasteiger partial charge in [-0.15, -0.1) is 0 Å². The summed E-state index contributed by atoms with van der Waals surface area (Å²) in [5.74, 6) is -0.172. The van der Waals surface area contributed by atoms with Crippen LogP contribution in [0, 0.1) is 5.82 Å². The quantitative estimate of drug-likeness (QED) is 0.657. The average molecular weight is 180 g/mol. The Morgan fingerprint density at radius 1 is 1.46 bits per heavy atom. The molecule has 1 aliphatic heterocycles. The third-order valence-corrected chi connectivity index (χ3v) is 2.36. The molecule has 70 valence electrons. The minimum absolute atomic E-state index is 0.172. The Kier molecular flexibility index (Phi) is 2.08. The largest absolute Gasteiger partial charge is 0.383 e. The van der Waals surface area contributed by atoms with Gasteiger partial charge >= 0.3 is 0 Å². The number of nitrogens with zero attached hydrogens (tertiary/aromatic N) is 1. The maximum Gasteiger partial charge on any atom is 0.125 e. The summed E-state index contributed by atoms with van der Waals surface area (Å²) < 4.78 is 12.9. The maximum atomic E-state index is 12.9. The molecule has 0 spiro atoms. The van der Waals surface area contributed by atoms with Crippen molar-refractivity contribution in [3.8, 4) is 0 Å². The fraction of sp³-hybridized carbons (Fsp3) is 0.400. The van der Waals surface area contributed by atoms with E-state index in [1.165, 1.54) is 6.07 Å². The van der Waals surface area contributed by atoms with Crippen molar-refractivity contribution in [1.29, 1.82) is 0 Å². The fourth-order valence-electron chi connectivity index (χ4n) is 1.63. The number of benzene rings is 1. The van der Waals surface area contributed by atoms with Crippen LogP contribution in [0.1, 0.15) is 6.42 Å². The Labute approximate surface area is 77.4 Å². The van der Waals surface area contributed by atoms with E-state index in [4.69, 9.17) is 0 Å². The zero-order valence-electron chi connectivity index (χ0n) is 7.68. The van der Waals surface area contributed by atoms with Crippen LogP contribution in [0.3, 0.4) is 0 Å². The summed E-state index contributed by atoms with van der Waals surface area (Å²) in [7, 11) is 1.99. The van der Waals surface area contributed by atoms with Gasteiger partial charge in [0, 0.05) is 20.1 Å². The molecular formula is C10H13FN2. The van der Waals surface area contributed by atoms with Gasteiger partial charge in [-0.05, 0) is 24.6 Å². The highest BCUT2D eigenvalue weighted by Crippen LogP contribution is 2.27. The lowest BCUT2D eigenvalue weighted by Gasteiger charge is -2.18. The Balaban J connectivity index is 2.43. The van der Waals surface area contributed by atoms with Crippen LogP contribution in [0.2, 0.25) is 0 Å². The Bertz CT molecular complexity index is 312. The summed E-state index contributed by atoms with van der Waals surface area (Å²) in [4.78, 5) is 2.08. The molecule has 1 aromatic rings. The van der Waals surface area contributed by atoms with Crippen molar-refractivity contribution in [3.63, 3.8) is 0 Å². The van der Waals surface area contributed by atoms with Crippen LogP contribution in [-0.2, 0) is 0 Å². The Morgan fingerprint density at radius 2 is 2.31 bits per heavy atom. The summed E-state index contributed by atoms with van der Waals surface area (Å²) in [5.41, 5.74) is 1.99. The molecule has 3 heteroatoms. The minimum Gasteiger partial charge on any atom is -0.383 e. The Morgan fingerprint density at radius 3 is 3.15 bits per heavy atom. The smallest absolute Gasteiger partial charge is 0.125 e. The van der Waals surface area contributed by atoms with E-state index in [1.54, 1.807) is 12.1 Å². The lowest BCUT2D eigenvalue weighted by molar-refractivity contribution is 0.627. The van der Waals surface area contributed by atoms with E-state index in [0.29, 0.717) is 0 Å². The van der Waals surface area contributed by atoms with E-state index in [2.05, 4.69) is 10.2 Å². The van der Waals surface area contributed by atoms with Gasteiger partial charge in [0.05, 0.1) is 11.4 Å². The molecular weight excluding hydrogens is 167 g/mol. The first-order valence-corrected chi connectivity index (χ1v) is 4.52. The highest BCUT2D eigenvalue weighted by Gasteiger charge is 2.11. The van der Waals surface area contributed by atoms with Gasteiger partial charge in [0.2, 0.25) is 0 Å². The monoisotopic (exact) mass is 180 g/mol. The second kappa shape index (κ2) is 3.24. The van der Waals surface area contributed by atoms with Gasteiger partial charge < -0.3 is 10.2 Å². The van der Waals surface area contributed by atoms with E-state index in [-0.39, 0.29) is 5.82 Å². The molecule has 0 aliphatic carbocycles. The van der Waals surface area contributed by atoms with Crippen molar-refractivity contribution >= 4 is 11.4 Å². The van der Waals surface area contributed by atoms with Crippen molar-refractivity contribution in [2.75, 3.05) is 30.4 Å². The van der Waals surface area contributed by atoms with Crippen molar-refractivity contribution in [3.05, 3.63) is 24.0 Å². The molecule has 2 rings (SSSR count). The lowest BCUT2D eigenvalue weighted by atomic mass is 10.2. The molecule has 0 aromatic heterocycles. The second-order valence-corrected chi connectivity index (χ2v) is 3.36. The summed E-state index contributed by atoms with van der Waals surface area (Å²) >= 11 is 0. The van der Waals surface area contributed by atoms with Crippen LogP contribution in [0.15, 0.2) is 18.2 Å². The first-order chi connectivity index (χ1) is 6.27. The van der Waals surface area contributed by atoms with Gasteiger partial charge in [-0.2, -0.15) is 0 Å². The van der Waals surface area contributed by atoms with Crippen LogP contribution in [0.5, 0.6) is 0 Å². The molecule has 13 heavy (non-hydrogen) atoms. The van der Waals surface area contributed by atoms with Crippen LogP contribution in [0.4, 0.5) is 15.8 Å². The van der Waals surface area contributed by atoms with Crippen LogP contribution in [0.25, 0.3) is 0 Å². The van der Waals surface area contributed by atoms with Crippen molar-refractivity contribution < 1.29 is 4.39 Å². The SMILES string of the molecule is CN1CCCNc2ccc(F)cc21. The molecule has 1 heterocycles. The lowest BCUT2D eigenvalue weighted by Crippen LogP contribution is -2.17. The van der Waals surface area contributed by atoms with Crippen molar-refractivity contribution in [1.82, 2.24) is 0 Å². The summed E-state index contributed by atoms with van der Waals surface area (Å²) in [6.07, 6.45) is 1.09. The number of nitrogens with one attached hydrogen (secondary N) is 1. The summed E-state index contributed by atoms with van der Waals surface area (Å²) in [6.45, 7) is 1.94. The average Bonchev–Trinajstić information content (AvgIpc) is 2.29. The molecule has 0 unspecified atom stereocenters. The number of fused-ring (bicyclic) bond motifs is 1. The van der Waals surface area contributed by atoms with Gasteiger partial charge in [0.1, 0.15) is 5.82 Å². The first-order valence-electron chi connectivity index (χ1n) is 4.52. The molecule has 0 saturated heterocycles. The van der Waals surface area contributed by atoms with E-state index < -0.39 is 0 Å². The minimum atomic E-state index is -0.172. The molecule has 0 amide bonds. The third kappa shape index (κ3) is 1.59. The summed E-state index contributed by atoms with van der Waals surface area (Å²) in [5, 5.41) is 3.27. The highest BCUT2D eigenvalue weighted by atomic mass is 19.1. The van der Waals surface area contributed by atoms with E-state index >= 15 is 0 Å². The third-order valence-electron chi connectivity index (χ3n) is 2.36. The molecule has 1 aliphatic rings. The van der Waals surface area contributed by atoms with Gasteiger partial charge in [-0.25, -0.2) is 4.39 Å². The number of halogens is 1. The van der Waals surface area contributed by atoms with E-state index in [9.17, 15) is 4.39 Å². The number of rotatable bonds is 0. The molecule has 0 radical (unpaired) electrons. The van der Waals surface area contributed by atoms with Gasteiger partial charge in [-0.1, -0.05) is 0 Å². The number of anilines is 2. The highest BCUT2D eigenvalue weighted by molar-refractivity contribution is 5.70. The summed E-state index contributed by atoms with van der Waals surface area (Å²) in [6, 6.07) is 4.87. The van der Waals surface area contributed by atoms with Crippen molar-refractivity contribution in [2.24, 2.45) is 0 Å². The predicted molar refractivity (Wildman–Crippen MR) is 52.8 cm³/mol. The molecule has 0 fully saturated rings. The molecule has 0 saturated carbocycles. The molecule has 0 bridgehead atoms. The maximum absolute atomic E-state index is 12.9. The zero-order chi connectivity index (χ0) is 9.26. The number of hydrogen-bond donors (Lipinski definition) is 1. The van der Waals surface area contributed by atoms with Crippen LogP contribution in [-0.4, -0.2) is 20.1 Å². The topological polar surface area (TPSA) is 15.3 Å². The predicted octanol–water partition coefficient (Wildman–Crippen LogP) is 2.08. The fourth-order valence-corrected chi connectivity index (χ4v) is 1.63. The molecule has 0 atom stereocenters. The second-order valence-electron chi connectivity index (χ2n) is 3.36. The van der Waals surface area contributed by atoms with Gasteiger partial charge in [0.25, 0.3) is 0 Å². The van der Waals surface area contributed by atoms with E-state index in [1.807, 2.05) is 7.05 Å². The molecule has 1 N–H and O–H groups in total. The zero-order valence-corrected chi connectivity index (χ0v) is 7.68. The van der Waals surface area contributed by atoms with Crippen LogP contribution >= 0.6 is 0 Å². The van der Waals surface area contributed by atoms with Crippen molar-refractivity contribution in [2.45, 2.75) is 6.42 Å².